The number of aromatic nitrogens is 2. The minimum absolute atomic E-state index is 0.0496. The fraction of sp³-hybridized carbons (Fsp3) is 0.500. The van der Waals surface area contributed by atoms with Crippen LogP contribution in [0.1, 0.15) is 26.7 Å². The molecule has 23 heavy (non-hydrogen) atoms. The molecule has 1 aliphatic carbocycles. The van der Waals surface area contributed by atoms with E-state index in [1.54, 1.807) is 12.1 Å². The van der Waals surface area contributed by atoms with Crippen molar-refractivity contribution in [2.45, 2.75) is 43.7 Å². The highest BCUT2D eigenvalue weighted by atomic mass is 32.2. The Balaban J connectivity index is 1.88. The van der Waals surface area contributed by atoms with Crippen molar-refractivity contribution in [1.29, 1.82) is 0 Å². The maximum Gasteiger partial charge on any atom is 0.243 e. The number of fused-ring (bicyclic) bond motifs is 1. The Morgan fingerprint density at radius 3 is 2.70 bits per heavy atom. The van der Waals surface area contributed by atoms with Crippen molar-refractivity contribution < 1.29 is 13.2 Å². The Morgan fingerprint density at radius 1 is 1.30 bits per heavy atom. The summed E-state index contributed by atoms with van der Waals surface area (Å²) in [7, 11) is -3.87. The van der Waals surface area contributed by atoms with E-state index in [1.807, 2.05) is 13.8 Å². The van der Waals surface area contributed by atoms with Crippen LogP contribution in [0.2, 0.25) is 0 Å². The molecule has 0 spiro atoms. The predicted octanol–water partition coefficient (Wildman–Crippen LogP) is 1.27. The summed E-state index contributed by atoms with van der Waals surface area (Å²) in [5.74, 6) is -0.453. The van der Waals surface area contributed by atoms with Gasteiger partial charge in [-0.2, -0.15) is 13.5 Å². The molecule has 7 nitrogen and oxygen atoms in total. The molecule has 2 aromatic rings. The third-order valence-corrected chi connectivity index (χ3v) is 5.71. The van der Waals surface area contributed by atoms with Crippen LogP contribution >= 0.6 is 11.7 Å². The SMILES string of the molecule is CC(C)[C@H](NS(=O)(=O)c1cccc2nsnc12)C(=O)NC1CC1. The number of carbonyl (C=O) groups excluding carboxylic acids is 1. The molecule has 0 aliphatic heterocycles. The van der Waals surface area contributed by atoms with Gasteiger partial charge in [0.1, 0.15) is 22.0 Å². The monoisotopic (exact) mass is 354 g/mol. The molecule has 1 fully saturated rings. The van der Waals surface area contributed by atoms with E-state index in [0.29, 0.717) is 11.0 Å². The third kappa shape index (κ3) is 3.51. The van der Waals surface area contributed by atoms with E-state index < -0.39 is 16.1 Å². The van der Waals surface area contributed by atoms with Crippen molar-refractivity contribution in [2.75, 3.05) is 0 Å². The first-order valence-electron chi connectivity index (χ1n) is 7.42. The zero-order valence-electron chi connectivity index (χ0n) is 12.8. The van der Waals surface area contributed by atoms with E-state index in [4.69, 9.17) is 0 Å². The van der Waals surface area contributed by atoms with Crippen LogP contribution in [0.5, 0.6) is 0 Å². The second kappa shape index (κ2) is 6.14. The van der Waals surface area contributed by atoms with Gasteiger partial charge in [0, 0.05) is 6.04 Å². The largest absolute Gasteiger partial charge is 0.352 e. The van der Waals surface area contributed by atoms with E-state index in [1.165, 1.54) is 6.07 Å². The number of carbonyl (C=O) groups is 1. The Kier molecular flexibility index (Phi) is 4.35. The second-order valence-corrected chi connectivity index (χ2v) is 8.22. The van der Waals surface area contributed by atoms with E-state index in [2.05, 4.69) is 18.8 Å². The van der Waals surface area contributed by atoms with Crippen molar-refractivity contribution >= 4 is 38.7 Å². The third-order valence-electron chi connectivity index (χ3n) is 3.69. The summed E-state index contributed by atoms with van der Waals surface area (Å²) in [6, 6.07) is 4.16. The van der Waals surface area contributed by atoms with Crippen molar-refractivity contribution in [3.63, 3.8) is 0 Å². The summed E-state index contributed by atoms with van der Waals surface area (Å²) in [6.45, 7) is 3.62. The number of hydrogen-bond donors (Lipinski definition) is 2. The Hall–Kier alpha value is -1.58. The summed E-state index contributed by atoms with van der Waals surface area (Å²) < 4.78 is 36.0. The van der Waals surface area contributed by atoms with Gasteiger partial charge in [0.05, 0.1) is 11.7 Å². The zero-order valence-corrected chi connectivity index (χ0v) is 14.4. The molecule has 3 rings (SSSR count). The summed E-state index contributed by atoms with van der Waals surface area (Å²) >= 11 is 0.960. The van der Waals surface area contributed by atoms with Crippen LogP contribution in [0.25, 0.3) is 11.0 Å². The average Bonchev–Trinajstić information content (AvgIpc) is 3.16. The topological polar surface area (TPSA) is 101 Å². The first kappa shape index (κ1) is 16.3. The lowest BCUT2D eigenvalue weighted by atomic mass is 10.1. The molecule has 1 aliphatic rings. The maximum absolute atomic E-state index is 12.7. The van der Waals surface area contributed by atoms with Crippen LogP contribution in [0.3, 0.4) is 0 Å². The van der Waals surface area contributed by atoms with Gasteiger partial charge in [-0.15, -0.1) is 0 Å². The smallest absolute Gasteiger partial charge is 0.243 e. The van der Waals surface area contributed by atoms with Gasteiger partial charge in [-0.3, -0.25) is 4.79 Å². The number of nitrogens with one attached hydrogen (secondary N) is 2. The highest BCUT2D eigenvalue weighted by Crippen LogP contribution is 2.23. The van der Waals surface area contributed by atoms with Gasteiger partial charge in [0.15, 0.2) is 0 Å². The van der Waals surface area contributed by atoms with E-state index in [-0.39, 0.29) is 22.8 Å². The number of hydrogen-bond acceptors (Lipinski definition) is 6. The molecule has 9 heteroatoms. The highest BCUT2D eigenvalue weighted by molar-refractivity contribution is 7.89. The van der Waals surface area contributed by atoms with E-state index in [9.17, 15) is 13.2 Å². The van der Waals surface area contributed by atoms with Crippen LogP contribution in [0.4, 0.5) is 0 Å². The molecular formula is C14H18N4O3S2. The van der Waals surface area contributed by atoms with Gasteiger partial charge in [-0.05, 0) is 30.9 Å². The van der Waals surface area contributed by atoms with Crippen LogP contribution < -0.4 is 10.0 Å². The first-order valence-corrected chi connectivity index (χ1v) is 9.64. The number of nitrogens with zero attached hydrogens (tertiary/aromatic N) is 2. The van der Waals surface area contributed by atoms with Crippen molar-refractivity contribution in [1.82, 2.24) is 18.8 Å². The van der Waals surface area contributed by atoms with Crippen LogP contribution in [0.15, 0.2) is 23.1 Å². The van der Waals surface area contributed by atoms with Crippen LogP contribution in [-0.4, -0.2) is 35.2 Å². The molecule has 1 aromatic heterocycles. The molecular weight excluding hydrogens is 336 g/mol. The van der Waals surface area contributed by atoms with Crippen LogP contribution in [-0.2, 0) is 14.8 Å². The number of amides is 1. The predicted molar refractivity (Wildman–Crippen MR) is 87.5 cm³/mol. The van der Waals surface area contributed by atoms with Gasteiger partial charge in [-0.1, -0.05) is 19.9 Å². The van der Waals surface area contributed by atoms with E-state index >= 15 is 0 Å². The summed E-state index contributed by atoms with van der Waals surface area (Å²) in [5.41, 5.74) is 0.858. The summed E-state index contributed by atoms with van der Waals surface area (Å²) in [6.07, 6.45) is 1.90. The molecule has 0 radical (unpaired) electrons. The molecule has 1 heterocycles. The van der Waals surface area contributed by atoms with Crippen molar-refractivity contribution in [3.8, 4) is 0 Å². The first-order chi connectivity index (χ1) is 10.9. The standard InChI is InChI=1S/C14H18N4O3S2/c1-8(2)12(14(19)15-9-6-7-9)18-23(20,21)11-5-3-4-10-13(11)17-22-16-10/h3-5,8-9,12,18H,6-7H2,1-2H3,(H,15,19)/t12-/m0/s1. The molecule has 0 saturated heterocycles. The molecule has 124 valence electrons. The number of rotatable bonds is 6. The van der Waals surface area contributed by atoms with Gasteiger partial charge in [0.2, 0.25) is 15.9 Å². The van der Waals surface area contributed by atoms with Gasteiger partial charge in [-0.25, -0.2) is 8.42 Å². The molecule has 0 bridgehead atoms. The fourth-order valence-electron chi connectivity index (χ4n) is 2.24. The number of benzene rings is 1. The van der Waals surface area contributed by atoms with Gasteiger partial charge < -0.3 is 5.32 Å². The Bertz CT molecular complexity index is 827. The Labute approximate surface area is 138 Å². The Morgan fingerprint density at radius 2 is 2.04 bits per heavy atom. The average molecular weight is 354 g/mol. The molecule has 1 saturated carbocycles. The highest BCUT2D eigenvalue weighted by Gasteiger charge is 2.33. The van der Waals surface area contributed by atoms with E-state index in [0.717, 1.165) is 24.6 Å². The molecule has 0 unspecified atom stereocenters. The summed E-state index contributed by atoms with van der Waals surface area (Å²) in [4.78, 5) is 12.3. The maximum atomic E-state index is 12.7. The van der Waals surface area contributed by atoms with Crippen molar-refractivity contribution in [2.24, 2.45) is 5.92 Å². The lowest BCUT2D eigenvalue weighted by Gasteiger charge is -2.21. The fourth-order valence-corrected chi connectivity index (χ4v) is 4.35. The second-order valence-electron chi connectivity index (χ2n) is 6.01. The summed E-state index contributed by atoms with van der Waals surface area (Å²) in [5, 5.41) is 2.85. The zero-order chi connectivity index (χ0) is 16.6. The number of sulfonamides is 1. The van der Waals surface area contributed by atoms with Gasteiger partial charge in [0.25, 0.3) is 0 Å². The van der Waals surface area contributed by atoms with Crippen molar-refractivity contribution in [3.05, 3.63) is 18.2 Å². The molecule has 1 atom stereocenters. The lowest BCUT2D eigenvalue weighted by Crippen LogP contribution is -2.50. The molecule has 1 amide bonds. The van der Waals surface area contributed by atoms with Gasteiger partial charge >= 0.3 is 0 Å². The molecule has 1 aromatic carbocycles. The minimum atomic E-state index is -3.87. The minimum Gasteiger partial charge on any atom is -0.352 e. The quantitative estimate of drug-likeness (QED) is 0.813. The normalized spacial score (nSPS) is 16.7. The van der Waals surface area contributed by atoms with Crippen LogP contribution in [0, 0.1) is 5.92 Å². The molecule has 2 N–H and O–H groups in total. The lowest BCUT2D eigenvalue weighted by molar-refractivity contribution is -0.123.